The molecule has 1 heterocycles. The summed E-state index contributed by atoms with van der Waals surface area (Å²) in [5, 5.41) is 0. The van der Waals surface area contributed by atoms with Crippen molar-refractivity contribution < 1.29 is 4.74 Å². The first-order chi connectivity index (χ1) is 9.20. The van der Waals surface area contributed by atoms with E-state index in [4.69, 9.17) is 10.5 Å². The first-order valence-corrected chi connectivity index (χ1v) is 7.36. The Labute approximate surface area is 116 Å². The van der Waals surface area contributed by atoms with E-state index < -0.39 is 0 Å². The third-order valence-electron chi connectivity index (χ3n) is 4.01. The minimum atomic E-state index is 0.108. The molecule has 19 heavy (non-hydrogen) atoms. The van der Waals surface area contributed by atoms with Crippen molar-refractivity contribution >= 4 is 0 Å². The van der Waals surface area contributed by atoms with Crippen LogP contribution in [0.15, 0.2) is 30.3 Å². The molecule has 0 spiro atoms. The summed E-state index contributed by atoms with van der Waals surface area (Å²) in [5.74, 6) is 0. The highest BCUT2D eigenvalue weighted by molar-refractivity contribution is 5.16. The van der Waals surface area contributed by atoms with Gasteiger partial charge in [0.15, 0.2) is 0 Å². The van der Waals surface area contributed by atoms with E-state index in [1.165, 1.54) is 12.0 Å². The fourth-order valence-corrected chi connectivity index (χ4v) is 2.76. The average molecular weight is 262 g/mol. The van der Waals surface area contributed by atoms with Crippen molar-refractivity contribution in [1.29, 1.82) is 0 Å². The molecule has 0 aliphatic carbocycles. The second kappa shape index (κ2) is 7.04. The first-order valence-electron chi connectivity index (χ1n) is 7.36. The van der Waals surface area contributed by atoms with Crippen LogP contribution in [0.3, 0.4) is 0 Å². The number of hydrogen-bond donors (Lipinski definition) is 1. The van der Waals surface area contributed by atoms with Crippen LogP contribution >= 0.6 is 0 Å². The standard InChI is InChI=1S/C16H26N2O/c1-3-15(11-14-7-5-4-6-8-14)18-9-10-19-16(12-18)13(2)17/h4-8,13,15-16H,3,9-12,17H2,1-2H3. The average Bonchev–Trinajstić information content (AvgIpc) is 2.46. The summed E-state index contributed by atoms with van der Waals surface area (Å²) in [6.07, 6.45) is 2.46. The maximum absolute atomic E-state index is 5.97. The minimum absolute atomic E-state index is 0.108. The van der Waals surface area contributed by atoms with E-state index in [-0.39, 0.29) is 12.1 Å². The summed E-state index contributed by atoms with van der Waals surface area (Å²) in [5.41, 5.74) is 7.39. The lowest BCUT2D eigenvalue weighted by Crippen LogP contribution is -2.53. The topological polar surface area (TPSA) is 38.5 Å². The molecule has 0 radical (unpaired) electrons. The van der Waals surface area contributed by atoms with Gasteiger partial charge >= 0.3 is 0 Å². The van der Waals surface area contributed by atoms with E-state index in [0.717, 1.165) is 26.1 Å². The van der Waals surface area contributed by atoms with Gasteiger partial charge in [0.05, 0.1) is 12.7 Å². The molecule has 0 saturated carbocycles. The van der Waals surface area contributed by atoms with E-state index in [9.17, 15) is 0 Å². The molecular formula is C16H26N2O. The van der Waals surface area contributed by atoms with Crippen molar-refractivity contribution in [3.05, 3.63) is 35.9 Å². The first kappa shape index (κ1) is 14.5. The number of nitrogens with zero attached hydrogens (tertiary/aromatic N) is 1. The summed E-state index contributed by atoms with van der Waals surface area (Å²) in [6, 6.07) is 11.4. The highest BCUT2D eigenvalue weighted by Crippen LogP contribution is 2.17. The van der Waals surface area contributed by atoms with E-state index in [1.807, 2.05) is 6.92 Å². The van der Waals surface area contributed by atoms with Crippen molar-refractivity contribution in [1.82, 2.24) is 4.90 Å². The SMILES string of the molecule is CCC(Cc1ccccc1)N1CCOC(C(C)N)C1. The zero-order chi connectivity index (χ0) is 13.7. The second-order valence-electron chi connectivity index (χ2n) is 5.52. The van der Waals surface area contributed by atoms with Crippen LogP contribution in [-0.2, 0) is 11.2 Å². The fourth-order valence-electron chi connectivity index (χ4n) is 2.76. The molecular weight excluding hydrogens is 236 g/mol. The van der Waals surface area contributed by atoms with Crippen LogP contribution in [0.25, 0.3) is 0 Å². The lowest BCUT2D eigenvalue weighted by Gasteiger charge is -2.39. The minimum Gasteiger partial charge on any atom is -0.374 e. The van der Waals surface area contributed by atoms with Gasteiger partial charge in [0.25, 0.3) is 0 Å². The van der Waals surface area contributed by atoms with E-state index in [2.05, 4.69) is 42.2 Å². The molecule has 1 aliphatic rings. The number of ether oxygens (including phenoxy) is 1. The zero-order valence-corrected chi connectivity index (χ0v) is 12.1. The predicted molar refractivity (Wildman–Crippen MR) is 79.2 cm³/mol. The predicted octanol–water partition coefficient (Wildman–Crippen LogP) is 2.06. The van der Waals surface area contributed by atoms with Gasteiger partial charge in [-0.1, -0.05) is 37.3 Å². The molecule has 3 unspecified atom stereocenters. The van der Waals surface area contributed by atoms with E-state index in [1.54, 1.807) is 0 Å². The quantitative estimate of drug-likeness (QED) is 0.882. The van der Waals surface area contributed by atoms with Gasteiger partial charge < -0.3 is 10.5 Å². The van der Waals surface area contributed by atoms with Crippen LogP contribution in [0.5, 0.6) is 0 Å². The summed E-state index contributed by atoms with van der Waals surface area (Å²) < 4.78 is 5.75. The van der Waals surface area contributed by atoms with Gasteiger partial charge in [-0.2, -0.15) is 0 Å². The van der Waals surface area contributed by atoms with Crippen LogP contribution in [0.2, 0.25) is 0 Å². The van der Waals surface area contributed by atoms with Crippen molar-refractivity contribution in [2.45, 2.75) is 44.9 Å². The molecule has 3 nitrogen and oxygen atoms in total. The molecule has 106 valence electrons. The molecule has 1 aromatic rings. The second-order valence-corrected chi connectivity index (χ2v) is 5.52. The third-order valence-corrected chi connectivity index (χ3v) is 4.01. The summed E-state index contributed by atoms with van der Waals surface area (Å²) in [4.78, 5) is 2.55. The smallest absolute Gasteiger partial charge is 0.0850 e. The number of hydrogen-bond acceptors (Lipinski definition) is 3. The Morgan fingerprint density at radius 3 is 2.74 bits per heavy atom. The van der Waals surface area contributed by atoms with E-state index in [0.29, 0.717) is 6.04 Å². The van der Waals surface area contributed by atoms with E-state index >= 15 is 0 Å². The molecule has 1 fully saturated rings. The Hall–Kier alpha value is -0.900. The van der Waals surface area contributed by atoms with Crippen molar-refractivity contribution in [3.8, 4) is 0 Å². The molecule has 0 amide bonds. The normalized spacial score (nSPS) is 24.1. The lowest BCUT2D eigenvalue weighted by atomic mass is 10.0. The Morgan fingerprint density at radius 2 is 2.11 bits per heavy atom. The monoisotopic (exact) mass is 262 g/mol. The molecule has 3 atom stereocenters. The molecule has 2 rings (SSSR count). The van der Waals surface area contributed by atoms with Gasteiger partial charge in [0.2, 0.25) is 0 Å². The van der Waals surface area contributed by atoms with Crippen molar-refractivity contribution in [3.63, 3.8) is 0 Å². The largest absolute Gasteiger partial charge is 0.374 e. The van der Waals surface area contributed by atoms with Crippen LogP contribution in [-0.4, -0.2) is 42.8 Å². The van der Waals surface area contributed by atoms with Crippen LogP contribution in [0, 0.1) is 0 Å². The number of benzene rings is 1. The highest BCUT2D eigenvalue weighted by atomic mass is 16.5. The number of nitrogens with two attached hydrogens (primary N) is 1. The van der Waals surface area contributed by atoms with Gasteiger partial charge in [-0.15, -0.1) is 0 Å². The van der Waals surface area contributed by atoms with Gasteiger partial charge in [-0.05, 0) is 25.3 Å². The van der Waals surface area contributed by atoms with Crippen LogP contribution in [0.1, 0.15) is 25.8 Å². The fraction of sp³-hybridized carbons (Fsp3) is 0.625. The highest BCUT2D eigenvalue weighted by Gasteiger charge is 2.27. The molecule has 3 heteroatoms. The van der Waals surface area contributed by atoms with Gasteiger partial charge in [-0.25, -0.2) is 0 Å². The maximum Gasteiger partial charge on any atom is 0.0850 e. The zero-order valence-electron chi connectivity index (χ0n) is 12.1. The Morgan fingerprint density at radius 1 is 1.37 bits per heavy atom. The van der Waals surface area contributed by atoms with Gasteiger partial charge in [0.1, 0.15) is 0 Å². The lowest BCUT2D eigenvalue weighted by molar-refractivity contribution is -0.0519. The summed E-state index contributed by atoms with van der Waals surface area (Å²) >= 11 is 0. The Bertz CT molecular complexity index is 366. The molecule has 0 bridgehead atoms. The maximum atomic E-state index is 5.97. The third kappa shape index (κ3) is 4.03. The van der Waals surface area contributed by atoms with Gasteiger partial charge in [-0.3, -0.25) is 4.90 Å². The Balaban J connectivity index is 1.97. The molecule has 0 aromatic heterocycles. The Kier molecular flexibility index (Phi) is 5.37. The molecule has 1 aliphatic heterocycles. The van der Waals surface area contributed by atoms with Crippen LogP contribution < -0.4 is 5.73 Å². The number of rotatable bonds is 5. The molecule has 1 aromatic carbocycles. The molecule has 2 N–H and O–H groups in total. The van der Waals surface area contributed by atoms with Gasteiger partial charge in [0, 0.05) is 25.2 Å². The van der Waals surface area contributed by atoms with Crippen molar-refractivity contribution in [2.24, 2.45) is 5.73 Å². The molecule has 1 saturated heterocycles. The number of morpholine rings is 1. The van der Waals surface area contributed by atoms with Crippen LogP contribution in [0.4, 0.5) is 0 Å². The summed E-state index contributed by atoms with van der Waals surface area (Å²) in [6.45, 7) is 7.09. The van der Waals surface area contributed by atoms with Crippen molar-refractivity contribution in [2.75, 3.05) is 19.7 Å². The summed E-state index contributed by atoms with van der Waals surface area (Å²) in [7, 11) is 0.